The molecule has 0 atom stereocenters. The van der Waals surface area contributed by atoms with Gasteiger partial charge in [-0.25, -0.2) is 0 Å². The van der Waals surface area contributed by atoms with Crippen LogP contribution in [0.4, 0.5) is 0 Å². The summed E-state index contributed by atoms with van der Waals surface area (Å²) >= 11 is 0. The van der Waals surface area contributed by atoms with Crippen molar-refractivity contribution in [2.45, 2.75) is 6.42 Å². The van der Waals surface area contributed by atoms with E-state index in [1.807, 2.05) is 18.2 Å². The number of benzene rings is 1. The molecule has 0 aliphatic heterocycles. The maximum atomic E-state index is 10.2. The van der Waals surface area contributed by atoms with Gasteiger partial charge in [-0.2, -0.15) is 0 Å². The Balaban J connectivity index is 0.000001000. The van der Waals surface area contributed by atoms with Gasteiger partial charge in [-0.15, -0.1) is 12.4 Å². The van der Waals surface area contributed by atoms with Gasteiger partial charge in [-0.1, -0.05) is 30.3 Å². The summed E-state index contributed by atoms with van der Waals surface area (Å²) < 4.78 is 0. The minimum absolute atomic E-state index is 0. The molecule has 0 bridgehead atoms. The molecule has 2 nitrogen and oxygen atoms in total. The smallest absolute Gasteiger partial charge is 0.307 e. The first-order valence-electron chi connectivity index (χ1n) is 3.05. The van der Waals surface area contributed by atoms with E-state index in [4.69, 9.17) is 5.11 Å². The van der Waals surface area contributed by atoms with Gasteiger partial charge >= 0.3 is 5.97 Å². The number of carbonyl (C=O) groups is 1. The van der Waals surface area contributed by atoms with Crippen LogP contribution in [0.1, 0.15) is 5.56 Å². The van der Waals surface area contributed by atoms with Gasteiger partial charge in [0.1, 0.15) is 0 Å². The summed E-state index contributed by atoms with van der Waals surface area (Å²) in [5.74, 6) is -0.786. The Labute approximate surface area is 71.3 Å². The van der Waals surface area contributed by atoms with Crippen molar-refractivity contribution >= 4 is 18.4 Å². The normalized spacial score (nSPS) is 8.36. The van der Waals surface area contributed by atoms with E-state index in [2.05, 4.69) is 0 Å². The molecule has 11 heavy (non-hydrogen) atoms. The summed E-state index contributed by atoms with van der Waals surface area (Å²) in [5.41, 5.74) is 0.843. The zero-order valence-corrected chi connectivity index (χ0v) is 6.67. The number of halogens is 1. The van der Waals surface area contributed by atoms with Gasteiger partial charge in [-0.3, -0.25) is 4.79 Å². The quantitative estimate of drug-likeness (QED) is 0.738. The molecule has 0 aromatic heterocycles. The number of hydrogen-bond donors (Lipinski definition) is 1. The molecule has 0 radical (unpaired) electrons. The van der Waals surface area contributed by atoms with Crippen molar-refractivity contribution in [2.24, 2.45) is 0 Å². The molecule has 0 spiro atoms. The predicted octanol–water partition coefficient (Wildman–Crippen LogP) is 1.74. The Kier molecular flexibility index (Phi) is 4.30. The maximum absolute atomic E-state index is 10.2. The molecule has 0 amide bonds. The van der Waals surface area contributed by atoms with E-state index in [9.17, 15) is 4.79 Å². The first-order chi connectivity index (χ1) is 4.79. The minimum Gasteiger partial charge on any atom is -0.481 e. The van der Waals surface area contributed by atoms with Crippen LogP contribution in [0.25, 0.3) is 0 Å². The van der Waals surface area contributed by atoms with Crippen LogP contribution in [0.2, 0.25) is 0 Å². The third-order valence-corrected chi connectivity index (χ3v) is 1.20. The van der Waals surface area contributed by atoms with E-state index in [0.717, 1.165) is 5.56 Å². The van der Waals surface area contributed by atoms with Gasteiger partial charge in [0.25, 0.3) is 0 Å². The summed E-state index contributed by atoms with van der Waals surface area (Å²) in [4.78, 5) is 10.2. The van der Waals surface area contributed by atoms with Crippen molar-refractivity contribution in [1.29, 1.82) is 0 Å². The molecule has 1 aromatic carbocycles. The Morgan fingerprint density at radius 3 is 2.27 bits per heavy atom. The third kappa shape index (κ3) is 3.63. The van der Waals surface area contributed by atoms with Crippen LogP contribution in [-0.2, 0) is 11.2 Å². The molecule has 3 heteroatoms. The van der Waals surface area contributed by atoms with E-state index in [0.29, 0.717) is 0 Å². The lowest BCUT2D eigenvalue weighted by Gasteiger charge is -1.92. The first kappa shape index (κ1) is 9.98. The second-order valence-electron chi connectivity index (χ2n) is 2.06. The van der Waals surface area contributed by atoms with E-state index in [1.165, 1.54) is 0 Å². The molecule has 1 rings (SSSR count). The largest absolute Gasteiger partial charge is 0.481 e. The minimum atomic E-state index is -0.786. The number of rotatable bonds is 2. The summed E-state index contributed by atoms with van der Waals surface area (Å²) in [6.07, 6.45) is 0.112. The molecular weight excluding hydrogens is 164 g/mol. The van der Waals surface area contributed by atoms with Crippen molar-refractivity contribution in [3.8, 4) is 0 Å². The van der Waals surface area contributed by atoms with Crippen LogP contribution in [-0.4, -0.2) is 11.1 Å². The van der Waals surface area contributed by atoms with Gasteiger partial charge < -0.3 is 5.11 Å². The fourth-order valence-corrected chi connectivity index (χ4v) is 0.770. The lowest BCUT2D eigenvalue weighted by atomic mass is 10.2. The lowest BCUT2D eigenvalue weighted by Crippen LogP contribution is -1.98. The summed E-state index contributed by atoms with van der Waals surface area (Å²) in [6, 6.07) is 9.13. The molecule has 0 saturated heterocycles. The molecule has 0 aliphatic rings. The summed E-state index contributed by atoms with van der Waals surface area (Å²) in [6.45, 7) is 0. The lowest BCUT2D eigenvalue weighted by molar-refractivity contribution is -0.136. The number of carboxylic acids is 1. The Bertz CT molecular complexity index is 221. The van der Waals surface area contributed by atoms with Crippen LogP contribution in [0.3, 0.4) is 0 Å². The Morgan fingerprint density at radius 1 is 1.27 bits per heavy atom. The van der Waals surface area contributed by atoms with Gasteiger partial charge in [-0.05, 0) is 5.56 Å². The number of hydrogen-bond acceptors (Lipinski definition) is 1. The van der Waals surface area contributed by atoms with Crippen LogP contribution < -0.4 is 0 Å². The SMILES string of the molecule is Cl.O=C(O)Cc1ccccc1. The fraction of sp³-hybridized carbons (Fsp3) is 0.125. The number of carboxylic acid groups (broad SMARTS) is 1. The van der Waals surface area contributed by atoms with Gasteiger partial charge in [0, 0.05) is 0 Å². The van der Waals surface area contributed by atoms with Gasteiger partial charge in [0.2, 0.25) is 0 Å². The van der Waals surface area contributed by atoms with Crippen LogP contribution in [0.15, 0.2) is 30.3 Å². The fourth-order valence-electron chi connectivity index (χ4n) is 0.770. The molecule has 1 N–H and O–H groups in total. The molecule has 0 heterocycles. The molecular formula is C8H9ClO2. The second kappa shape index (κ2) is 4.74. The molecule has 60 valence electrons. The van der Waals surface area contributed by atoms with Crippen molar-refractivity contribution in [2.75, 3.05) is 0 Å². The topological polar surface area (TPSA) is 37.3 Å². The molecule has 0 unspecified atom stereocenters. The third-order valence-electron chi connectivity index (χ3n) is 1.20. The van der Waals surface area contributed by atoms with Crippen molar-refractivity contribution in [3.63, 3.8) is 0 Å². The van der Waals surface area contributed by atoms with Crippen molar-refractivity contribution < 1.29 is 9.90 Å². The summed E-state index contributed by atoms with van der Waals surface area (Å²) in [7, 11) is 0. The maximum Gasteiger partial charge on any atom is 0.307 e. The average Bonchev–Trinajstić information content (AvgIpc) is 1.88. The van der Waals surface area contributed by atoms with E-state index < -0.39 is 5.97 Å². The highest BCUT2D eigenvalue weighted by atomic mass is 35.5. The van der Waals surface area contributed by atoms with Crippen molar-refractivity contribution in [3.05, 3.63) is 35.9 Å². The van der Waals surface area contributed by atoms with Crippen molar-refractivity contribution in [1.82, 2.24) is 0 Å². The second-order valence-corrected chi connectivity index (χ2v) is 2.06. The predicted molar refractivity (Wildman–Crippen MR) is 45.0 cm³/mol. The zero-order valence-electron chi connectivity index (χ0n) is 5.86. The van der Waals surface area contributed by atoms with Crippen LogP contribution >= 0.6 is 12.4 Å². The highest BCUT2D eigenvalue weighted by molar-refractivity contribution is 5.85. The molecule has 1 aromatic rings. The Hall–Kier alpha value is -1.02. The monoisotopic (exact) mass is 172 g/mol. The molecule has 0 fully saturated rings. The van der Waals surface area contributed by atoms with Crippen LogP contribution in [0, 0.1) is 0 Å². The van der Waals surface area contributed by atoms with Gasteiger partial charge in [0.05, 0.1) is 6.42 Å². The highest BCUT2D eigenvalue weighted by Crippen LogP contribution is 1.98. The standard InChI is InChI=1S/C8H8O2.ClH/c9-8(10)6-7-4-2-1-3-5-7;/h1-5H,6H2,(H,9,10);1H. The average molecular weight is 173 g/mol. The van der Waals surface area contributed by atoms with E-state index in [-0.39, 0.29) is 18.8 Å². The molecule has 0 aliphatic carbocycles. The van der Waals surface area contributed by atoms with Crippen LogP contribution in [0.5, 0.6) is 0 Å². The van der Waals surface area contributed by atoms with Gasteiger partial charge in [0.15, 0.2) is 0 Å². The van der Waals surface area contributed by atoms with E-state index >= 15 is 0 Å². The Morgan fingerprint density at radius 2 is 1.82 bits per heavy atom. The summed E-state index contributed by atoms with van der Waals surface area (Å²) in [5, 5.41) is 8.37. The highest BCUT2D eigenvalue weighted by Gasteiger charge is 1.96. The zero-order chi connectivity index (χ0) is 7.40. The van der Waals surface area contributed by atoms with E-state index in [1.54, 1.807) is 12.1 Å². The molecule has 0 saturated carbocycles. The number of aliphatic carboxylic acids is 1. The first-order valence-corrected chi connectivity index (χ1v) is 3.05.